The molecule has 0 atom stereocenters. The predicted molar refractivity (Wildman–Crippen MR) is 97.7 cm³/mol. The molecule has 1 aromatic heterocycles. The van der Waals surface area contributed by atoms with Gasteiger partial charge in [-0.3, -0.25) is 0 Å². The highest BCUT2D eigenvalue weighted by Crippen LogP contribution is 2.16. The fourth-order valence-corrected chi connectivity index (χ4v) is 2.45. The van der Waals surface area contributed by atoms with Crippen LogP contribution >= 0.6 is 11.6 Å². The van der Waals surface area contributed by atoms with Gasteiger partial charge in [0.05, 0.1) is 0 Å². The van der Waals surface area contributed by atoms with Crippen LogP contribution in [0.4, 0.5) is 5.95 Å². The molecular weight excluding hydrogens is 338 g/mol. The van der Waals surface area contributed by atoms with Gasteiger partial charge in [-0.25, -0.2) is 4.68 Å². The van der Waals surface area contributed by atoms with E-state index in [1.165, 1.54) is 0 Å². The van der Waals surface area contributed by atoms with Gasteiger partial charge in [0.2, 0.25) is 5.95 Å². The van der Waals surface area contributed by atoms with E-state index in [0.717, 1.165) is 34.9 Å². The predicted octanol–water partition coefficient (Wildman–Crippen LogP) is 3.93. The van der Waals surface area contributed by atoms with Crippen molar-refractivity contribution < 1.29 is 4.74 Å². The number of aromatic nitrogens is 4. The van der Waals surface area contributed by atoms with E-state index in [-0.39, 0.29) is 0 Å². The zero-order valence-electron chi connectivity index (χ0n) is 14.0. The summed E-state index contributed by atoms with van der Waals surface area (Å²) in [6.45, 7) is 4.06. The van der Waals surface area contributed by atoms with Gasteiger partial charge in [0.15, 0.2) is 0 Å². The van der Waals surface area contributed by atoms with Crippen molar-refractivity contribution in [3.8, 4) is 5.75 Å². The zero-order valence-corrected chi connectivity index (χ0v) is 14.8. The van der Waals surface area contributed by atoms with Crippen LogP contribution in [-0.4, -0.2) is 20.2 Å². The van der Waals surface area contributed by atoms with Crippen LogP contribution in [-0.2, 0) is 19.7 Å². The lowest BCUT2D eigenvalue weighted by atomic mass is 10.2. The van der Waals surface area contributed by atoms with Crippen LogP contribution < -0.4 is 10.1 Å². The largest absolute Gasteiger partial charge is 0.489 e. The molecule has 1 N–H and O–H groups in total. The maximum absolute atomic E-state index is 5.88. The maximum Gasteiger partial charge on any atom is 0.243 e. The van der Waals surface area contributed by atoms with Crippen LogP contribution in [0.5, 0.6) is 5.75 Å². The quantitative estimate of drug-likeness (QED) is 0.661. The molecule has 0 radical (unpaired) electrons. The number of aryl methyl sites for hydroxylation is 1. The van der Waals surface area contributed by atoms with Crippen LogP contribution in [0.15, 0.2) is 48.5 Å². The SMILES string of the molecule is CCCn1nnnc1NCc1ccc(OCc2ccc(Cl)cc2)cc1. The monoisotopic (exact) mass is 357 g/mol. The number of hydrogen-bond donors (Lipinski definition) is 1. The van der Waals surface area contributed by atoms with E-state index in [2.05, 4.69) is 27.8 Å². The first kappa shape index (κ1) is 17.2. The molecule has 25 heavy (non-hydrogen) atoms. The third-order valence-electron chi connectivity index (χ3n) is 3.66. The van der Waals surface area contributed by atoms with Crippen LogP contribution in [0, 0.1) is 0 Å². The number of nitrogens with one attached hydrogen (secondary N) is 1. The molecule has 7 heteroatoms. The summed E-state index contributed by atoms with van der Waals surface area (Å²) in [5.74, 6) is 1.51. The number of halogens is 1. The Morgan fingerprint density at radius 3 is 2.48 bits per heavy atom. The van der Waals surface area contributed by atoms with E-state index in [4.69, 9.17) is 16.3 Å². The Labute approximate surface area is 151 Å². The first-order valence-electron chi connectivity index (χ1n) is 8.21. The van der Waals surface area contributed by atoms with Crippen LogP contribution in [0.3, 0.4) is 0 Å². The Balaban J connectivity index is 1.51. The van der Waals surface area contributed by atoms with Crippen molar-refractivity contribution in [3.63, 3.8) is 0 Å². The molecule has 0 aliphatic rings. The lowest BCUT2D eigenvalue weighted by molar-refractivity contribution is 0.306. The minimum Gasteiger partial charge on any atom is -0.489 e. The van der Waals surface area contributed by atoms with Gasteiger partial charge in [-0.05, 0) is 52.2 Å². The second-order valence-corrected chi connectivity index (χ2v) is 6.07. The number of benzene rings is 2. The normalized spacial score (nSPS) is 10.6. The van der Waals surface area contributed by atoms with E-state index < -0.39 is 0 Å². The standard InChI is InChI=1S/C18H20ClN5O/c1-2-11-24-18(21-22-23-24)20-12-14-5-9-17(10-6-14)25-13-15-3-7-16(19)8-4-15/h3-10H,2,11-13H2,1H3,(H,20,21,23). The van der Waals surface area contributed by atoms with Gasteiger partial charge in [-0.15, -0.1) is 0 Å². The van der Waals surface area contributed by atoms with Crippen LogP contribution in [0.25, 0.3) is 0 Å². The lowest BCUT2D eigenvalue weighted by Gasteiger charge is -2.09. The number of nitrogens with zero attached hydrogens (tertiary/aromatic N) is 4. The summed E-state index contributed by atoms with van der Waals surface area (Å²) in [5.41, 5.74) is 2.21. The second-order valence-electron chi connectivity index (χ2n) is 5.64. The minimum atomic E-state index is 0.514. The highest BCUT2D eigenvalue weighted by Gasteiger charge is 2.04. The second kappa shape index (κ2) is 8.48. The number of rotatable bonds is 8. The smallest absolute Gasteiger partial charge is 0.243 e. The molecular formula is C18H20ClN5O. The Bertz CT molecular complexity index is 786. The van der Waals surface area contributed by atoms with E-state index in [9.17, 15) is 0 Å². The molecule has 0 saturated carbocycles. The van der Waals surface area contributed by atoms with E-state index in [1.54, 1.807) is 4.68 Å². The summed E-state index contributed by atoms with van der Waals surface area (Å²) < 4.78 is 7.56. The fraction of sp³-hybridized carbons (Fsp3) is 0.278. The Morgan fingerprint density at radius 2 is 1.76 bits per heavy atom. The number of hydrogen-bond acceptors (Lipinski definition) is 5. The minimum absolute atomic E-state index is 0.514. The summed E-state index contributed by atoms with van der Waals surface area (Å²) in [6, 6.07) is 15.6. The van der Waals surface area contributed by atoms with Crippen molar-refractivity contribution >= 4 is 17.5 Å². The van der Waals surface area contributed by atoms with Gasteiger partial charge in [0.25, 0.3) is 0 Å². The summed E-state index contributed by atoms with van der Waals surface area (Å²) in [5, 5.41) is 15.6. The molecule has 0 unspecified atom stereocenters. The van der Waals surface area contributed by atoms with Crippen LogP contribution in [0.1, 0.15) is 24.5 Å². The molecule has 0 aliphatic heterocycles. The lowest BCUT2D eigenvalue weighted by Crippen LogP contribution is -2.08. The van der Waals surface area contributed by atoms with Gasteiger partial charge in [0, 0.05) is 18.1 Å². The van der Waals surface area contributed by atoms with Crippen LogP contribution in [0.2, 0.25) is 5.02 Å². The Hall–Kier alpha value is -2.60. The molecule has 0 bridgehead atoms. The number of tetrazole rings is 1. The van der Waals surface area contributed by atoms with Gasteiger partial charge < -0.3 is 10.1 Å². The number of ether oxygens (including phenoxy) is 1. The molecule has 130 valence electrons. The van der Waals surface area contributed by atoms with Gasteiger partial charge in [-0.2, -0.15) is 0 Å². The summed E-state index contributed by atoms with van der Waals surface area (Å²) in [6.07, 6.45) is 0.985. The van der Waals surface area contributed by atoms with Gasteiger partial charge >= 0.3 is 0 Å². The van der Waals surface area contributed by atoms with Crippen molar-refractivity contribution in [1.82, 2.24) is 20.2 Å². The highest BCUT2D eigenvalue weighted by atomic mass is 35.5. The number of anilines is 1. The fourth-order valence-electron chi connectivity index (χ4n) is 2.33. The first-order valence-corrected chi connectivity index (χ1v) is 8.58. The van der Waals surface area contributed by atoms with E-state index in [0.29, 0.717) is 19.1 Å². The van der Waals surface area contributed by atoms with E-state index >= 15 is 0 Å². The molecule has 3 rings (SSSR count). The molecule has 3 aromatic rings. The molecule has 0 fully saturated rings. The van der Waals surface area contributed by atoms with Crippen molar-refractivity contribution in [3.05, 3.63) is 64.7 Å². The summed E-state index contributed by atoms with van der Waals surface area (Å²) in [7, 11) is 0. The Kier molecular flexibility index (Phi) is 5.85. The summed E-state index contributed by atoms with van der Waals surface area (Å²) >= 11 is 5.88. The third kappa shape index (κ3) is 4.93. The van der Waals surface area contributed by atoms with Crippen molar-refractivity contribution in [2.24, 2.45) is 0 Å². The maximum atomic E-state index is 5.88. The first-order chi connectivity index (χ1) is 12.2. The Morgan fingerprint density at radius 1 is 1.04 bits per heavy atom. The summed E-state index contributed by atoms with van der Waals surface area (Å²) in [4.78, 5) is 0. The zero-order chi connectivity index (χ0) is 17.5. The topological polar surface area (TPSA) is 64.9 Å². The molecule has 0 saturated heterocycles. The molecule has 0 spiro atoms. The third-order valence-corrected chi connectivity index (χ3v) is 3.91. The highest BCUT2D eigenvalue weighted by molar-refractivity contribution is 6.30. The van der Waals surface area contributed by atoms with Crippen molar-refractivity contribution in [2.75, 3.05) is 5.32 Å². The average Bonchev–Trinajstić information content (AvgIpc) is 3.08. The molecule has 6 nitrogen and oxygen atoms in total. The van der Waals surface area contributed by atoms with Crippen molar-refractivity contribution in [2.45, 2.75) is 33.0 Å². The molecule has 0 aliphatic carbocycles. The van der Waals surface area contributed by atoms with Gasteiger partial charge in [0.1, 0.15) is 12.4 Å². The van der Waals surface area contributed by atoms with E-state index in [1.807, 2.05) is 48.5 Å². The molecule has 1 heterocycles. The molecule has 2 aromatic carbocycles. The van der Waals surface area contributed by atoms with Gasteiger partial charge in [-0.1, -0.05) is 47.9 Å². The molecule has 0 amide bonds. The van der Waals surface area contributed by atoms with Crippen molar-refractivity contribution in [1.29, 1.82) is 0 Å². The average molecular weight is 358 g/mol.